The Labute approximate surface area is 199 Å². The van der Waals surface area contributed by atoms with Gasteiger partial charge < -0.3 is 19.5 Å². The molecule has 1 N–H and O–H groups in total. The fourth-order valence-electron chi connectivity index (χ4n) is 3.33. The van der Waals surface area contributed by atoms with Gasteiger partial charge in [0.2, 0.25) is 0 Å². The molecule has 13 nitrogen and oxygen atoms in total. The van der Waals surface area contributed by atoms with Crippen molar-refractivity contribution in [3.05, 3.63) is 73.8 Å². The Morgan fingerprint density at radius 3 is 1.91 bits per heavy atom. The molecule has 0 saturated carbocycles. The molecule has 2 amide bonds. The van der Waals surface area contributed by atoms with Gasteiger partial charge in [-0.2, -0.15) is 0 Å². The van der Waals surface area contributed by atoms with Gasteiger partial charge in [-0.15, -0.1) is 0 Å². The highest BCUT2D eigenvalue weighted by Crippen LogP contribution is 2.28. The molecule has 2 aromatic carbocycles. The standard InChI is InChI=1S/C22H24N4O9/c27-21-17-3-1-2-4-18(17)22(28)24(21)8-10-34-12-14-35-13-11-33-9-7-23-19-6-5-16(25(29)30)15-20(19)26(31)32/h1-6,15,23H,7-14H2. The highest BCUT2D eigenvalue weighted by molar-refractivity contribution is 6.21. The van der Waals surface area contributed by atoms with Crippen molar-refractivity contribution in [2.24, 2.45) is 0 Å². The fourth-order valence-corrected chi connectivity index (χ4v) is 3.33. The van der Waals surface area contributed by atoms with E-state index in [9.17, 15) is 29.8 Å². The molecule has 1 aliphatic rings. The Balaban J connectivity index is 1.21. The summed E-state index contributed by atoms with van der Waals surface area (Å²) >= 11 is 0. The maximum atomic E-state index is 12.2. The summed E-state index contributed by atoms with van der Waals surface area (Å²) in [4.78, 5) is 46.1. The molecular weight excluding hydrogens is 464 g/mol. The van der Waals surface area contributed by atoms with E-state index >= 15 is 0 Å². The van der Waals surface area contributed by atoms with E-state index < -0.39 is 9.85 Å². The number of fused-ring (bicyclic) bond motifs is 1. The lowest BCUT2D eigenvalue weighted by Crippen LogP contribution is -2.33. The number of rotatable bonds is 15. The number of anilines is 1. The summed E-state index contributed by atoms with van der Waals surface area (Å²) in [7, 11) is 0. The predicted octanol–water partition coefficient (Wildman–Crippen LogP) is 2.26. The van der Waals surface area contributed by atoms with Gasteiger partial charge in [-0.1, -0.05) is 12.1 Å². The van der Waals surface area contributed by atoms with Gasteiger partial charge >= 0.3 is 0 Å². The molecule has 0 fully saturated rings. The number of ether oxygens (including phenoxy) is 3. The normalized spacial score (nSPS) is 12.6. The maximum absolute atomic E-state index is 12.2. The molecule has 1 heterocycles. The van der Waals surface area contributed by atoms with E-state index in [2.05, 4.69) is 5.32 Å². The summed E-state index contributed by atoms with van der Waals surface area (Å²) in [5, 5.41) is 24.7. The average Bonchev–Trinajstić information content (AvgIpc) is 3.09. The Hall–Kier alpha value is -3.94. The Bertz CT molecular complexity index is 1060. The van der Waals surface area contributed by atoms with Crippen molar-refractivity contribution in [1.82, 2.24) is 4.90 Å². The second-order valence-electron chi connectivity index (χ2n) is 7.29. The summed E-state index contributed by atoms with van der Waals surface area (Å²) in [6.07, 6.45) is 0. The van der Waals surface area contributed by atoms with Crippen LogP contribution in [0.2, 0.25) is 0 Å². The number of imide groups is 1. The van der Waals surface area contributed by atoms with Crippen LogP contribution in [0.15, 0.2) is 42.5 Å². The first-order valence-electron chi connectivity index (χ1n) is 10.8. The van der Waals surface area contributed by atoms with E-state index in [0.29, 0.717) is 30.9 Å². The molecule has 3 rings (SSSR count). The van der Waals surface area contributed by atoms with Gasteiger partial charge in [0, 0.05) is 12.6 Å². The van der Waals surface area contributed by atoms with Crippen LogP contribution in [0, 0.1) is 20.2 Å². The van der Waals surface area contributed by atoms with Crippen molar-refractivity contribution in [3.8, 4) is 0 Å². The number of non-ortho nitro benzene ring substituents is 1. The first-order valence-corrected chi connectivity index (χ1v) is 10.8. The maximum Gasteiger partial charge on any atom is 0.299 e. The Kier molecular flexibility index (Phi) is 9.17. The number of nitro groups is 2. The van der Waals surface area contributed by atoms with E-state index in [1.165, 1.54) is 17.0 Å². The minimum atomic E-state index is -0.695. The monoisotopic (exact) mass is 488 g/mol. The van der Waals surface area contributed by atoms with Gasteiger partial charge in [0.25, 0.3) is 23.2 Å². The zero-order valence-electron chi connectivity index (χ0n) is 18.7. The highest BCUT2D eigenvalue weighted by atomic mass is 16.6. The van der Waals surface area contributed by atoms with Crippen LogP contribution in [0.3, 0.4) is 0 Å². The topological polar surface area (TPSA) is 163 Å². The molecule has 0 saturated heterocycles. The lowest BCUT2D eigenvalue weighted by Gasteiger charge is -2.13. The molecule has 0 bridgehead atoms. The van der Waals surface area contributed by atoms with Gasteiger partial charge in [0.15, 0.2) is 0 Å². The van der Waals surface area contributed by atoms with E-state index in [1.807, 2.05) is 0 Å². The number of benzene rings is 2. The van der Waals surface area contributed by atoms with E-state index in [1.54, 1.807) is 24.3 Å². The quantitative estimate of drug-likeness (QED) is 0.170. The zero-order chi connectivity index (χ0) is 25.2. The molecule has 1 aliphatic heterocycles. The van der Waals surface area contributed by atoms with Gasteiger partial charge in [0.1, 0.15) is 5.69 Å². The molecule has 0 radical (unpaired) electrons. The molecule has 0 atom stereocenters. The average molecular weight is 488 g/mol. The van der Waals surface area contributed by atoms with Gasteiger partial charge in [-0.25, -0.2) is 0 Å². The Morgan fingerprint density at radius 1 is 0.771 bits per heavy atom. The van der Waals surface area contributed by atoms with Crippen molar-refractivity contribution in [2.45, 2.75) is 0 Å². The third-order valence-electron chi connectivity index (χ3n) is 5.03. The smallest absolute Gasteiger partial charge is 0.299 e. The van der Waals surface area contributed by atoms with Crippen LogP contribution in [-0.2, 0) is 14.2 Å². The van der Waals surface area contributed by atoms with Crippen molar-refractivity contribution in [3.63, 3.8) is 0 Å². The molecule has 0 aliphatic carbocycles. The number of amides is 2. The predicted molar refractivity (Wildman–Crippen MR) is 123 cm³/mol. The number of hydrogen-bond donors (Lipinski definition) is 1. The summed E-state index contributed by atoms with van der Waals surface area (Å²) in [6, 6.07) is 10.1. The van der Waals surface area contributed by atoms with Gasteiger partial charge in [0.05, 0.1) is 73.2 Å². The molecule has 35 heavy (non-hydrogen) atoms. The fraction of sp³-hybridized carbons (Fsp3) is 0.364. The van der Waals surface area contributed by atoms with Crippen LogP contribution in [0.25, 0.3) is 0 Å². The van der Waals surface area contributed by atoms with Crippen molar-refractivity contribution in [1.29, 1.82) is 0 Å². The van der Waals surface area contributed by atoms with E-state index in [-0.39, 0.29) is 61.8 Å². The Morgan fingerprint density at radius 2 is 1.34 bits per heavy atom. The lowest BCUT2D eigenvalue weighted by molar-refractivity contribution is -0.393. The minimum Gasteiger partial charge on any atom is -0.377 e. The number of nitrogens with zero attached hydrogens (tertiary/aromatic N) is 3. The molecule has 13 heteroatoms. The summed E-state index contributed by atoms with van der Waals surface area (Å²) in [6.45, 7) is 2.06. The summed E-state index contributed by atoms with van der Waals surface area (Å²) < 4.78 is 16.2. The first kappa shape index (κ1) is 25.7. The second kappa shape index (κ2) is 12.5. The molecule has 186 valence electrons. The van der Waals surface area contributed by atoms with Crippen molar-refractivity contribution >= 4 is 28.9 Å². The molecule has 0 unspecified atom stereocenters. The van der Waals surface area contributed by atoms with Gasteiger partial charge in [-0.3, -0.25) is 34.7 Å². The number of nitrogens with one attached hydrogen (secondary N) is 1. The second-order valence-corrected chi connectivity index (χ2v) is 7.29. The zero-order valence-corrected chi connectivity index (χ0v) is 18.7. The van der Waals surface area contributed by atoms with Crippen molar-refractivity contribution in [2.75, 3.05) is 58.0 Å². The third kappa shape index (κ3) is 6.79. The molecule has 0 spiro atoms. The number of carbonyl (C=O) groups is 2. The number of nitro benzene ring substituents is 2. The van der Waals surface area contributed by atoms with Crippen LogP contribution in [0.4, 0.5) is 17.1 Å². The molecular formula is C22H24N4O9. The lowest BCUT2D eigenvalue weighted by atomic mass is 10.1. The third-order valence-corrected chi connectivity index (χ3v) is 5.03. The first-order chi connectivity index (χ1) is 16.9. The van der Waals surface area contributed by atoms with Gasteiger partial charge in [-0.05, 0) is 18.2 Å². The van der Waals surface area contributed by atoms with Crippen LogP contribution in [0.1, 0.15) is 20.7 Å². The molecule has 2 aromatic rings. The summed E-state index contributed by atoms with van der Waals surface area (Å²) in [5.41, 5.74) is 0.233. The SMILES string of the molecule is O=C1c2ccccc2C(=O)N1CCOCCOCCOCCNc1ccc([N+](=O)[O-])cc1[N+](=O)[O-]. The van der Waals surface area contributed by atoms with E-state index in [4.69, 9.17) is 14.2 Å². The van der Waals surface area contributed by atoms with Crippen molar-refractivity contribution < 1.29 is 33.6 Å². The highest BCUT2D eigenvalue weighted by Gasteiger charge is 2.34. The van der Waals surface area contributed by atoms with Crippen LogP contribution < -0.4 is 5.32 Å². The molecule has 0 aromatic heterocycles. The largest absolute Gasteiger partial charge is 0.377 e. The van der Waals surface area contributed by atoms with Crippen LogP contribution in [-0.4, -0.2) is 79.3 Å². The number of hydrogen-bond acceptors (Lipinski definition) is 10. The minimum absolute atomic E-state index is 0.162. The van der Waals surface area contributed by atoms with Crippen LogP contribution in [0.5, 0.6) is 0 Å². The summed E-state index contributed by atoms with van der Waals surface area (Å²) in [5.74, 6) is -0.638. The van der Waals surface area contributed by atoms with Crippen LogP contribution >= 0.6 is 0 Å². The number of carbonyl (C=O) groups excluding carboxylic acids is 2. The van der Waals surface area contributed by atoms with E-state index in [0.717, 1.165) is 6.07 Å².